The van der Waals surface area contributed by atoms with Crippen molar-refractivity contribution in [2.45, 2.75) is 70.1 Å². The number of aliphatic hydroxyl groups excluding tert-OH is 1. The predicted octanol–water partition coefficient (Wildman–Crippen LogP) is 2.94. The molecule has 4 rings (SSSR count). The van der Waals surface area contributed by atoms with Gasteiger partial charge in [-0.1, -0.05) is 0 Å². The summed E-state index contributed by atoms with van der Waals surface area (Å²) in [5.41, 5.74) is 0.460. The summed E-state index contributed by atoms with van der Waals surface area (Å²) in [6.45, 7) is 7.31. The van der Waals surface area contributed by atoms with E-state index in [1.165, 1.54) is 4.31 Å². The van der Waals surface area contributed by atoms with Crippen molar-refractivity contribution >= 4 is 32.7 Å². The van der Waals surface area contributed by atoms with Gasteiger partial charge in [0.25, 0.3) is 0 Å². The minimum atomic E-state index is -3.33. The van der Waals surface area contributed by atoms with E-state index in [-0.39, 0.29) is 24.6 Å². The van der Waals surface area contributed by atoms with E-state index in [4.69, 9.17) is 9.72 Å². The Balaban J connectivity index is 1.49. The quantitative estimate of drug-likeness (QED) is 0.632. The van der Waals surface area contributed by atoms with Gasteiger partial charge in [-0.15, -0.1) is 0 Å². The van der Waals surface area contributed by atoms with Crippen LogP contribution in [0.25, 0.3) is 10.8 Å². The van der Waals surface area contributed by atoms with Crippen LogP contribution in [0.2, 0.25) is 0 Å². The van der Waals surface area contributed by atoms with Crippen molar-refractivity contribution in [1.82, 2.24) is 19.2 Å². The van der Waals surface area contributed by atoms with E-state index >= 15 is 0 Å². The molecule has 198 valence electrons. The number of ether oxygens (including phenoxy) is 1. The maximum atomic E-state index is 12.6. The first kappa shape index (κ1) is 26.6. The number of anilines is 1. The minimum absolute atomic E-state index is 0.0626. The molecule has 0 aromatic carbocycles. The smallest absolute Gasteiger partial charge is 0.410 e. The minimum Gasteiger partial charge on any atom is -0.444 e. The number of amides is 1. The third-order valence-electron chi connectivity index (χ3n) is 6.79. The number of hydrogen-bond acceptors (Lipinski definition) is 8. The Morgan fingerprint density at radius 3 is 2.64 bits per heavy atom. The molecule has 0 radical (unpaired) electrons. The highest BCUT2D eigenvalue weighted by Gasteiger charge is 2.32. The number of piperidine rings is 1. The lowest BCUT2D eigenvalue weighted by molar-refractivity contribution is 0.0256. The van der Waals surface area contributed by atoms with Crippen LogP contribution in [0, 0.1) is 0 Å². The Kier molecular flexibility index (Phi) is 7.72. The highest BCUT2D eigenvalue weighted by atomic mass is 32.2. The van der Waals surface area contributed by atoms with E-state index in [1.807, 2.05) is 32.9 Å². The summed E-state index contributed by atoms with van der Waals surface area (Å²) in [4.78, 5) is 23.6. The van der Waals surface area contributed by atoms with Crippen molar-refractivity contribution in [3.63, 3.8) is 0 Å². The van der Waals surface area contributed by atoms with Gasteiger partial charge in [-0.2, -0.15) is 4.31 Å². The van der Waals surface area contributed by atoms with Gasteiger partial charge in [0.2, 0.25) is 10.0 Å². The predicted molar refractivity (Wildman–Crippen MR) is 138 cm³/mol. The number of likely N-dealkylation sites (tertiary alicyclic amines) is 1. The van der Waals surface area contributed by atoms with Crippen LogP contribution in [0.5, 0.6) is 0 Å². The first-order valence-corrected chi connectivity index (χ1v) is 14.4. The average molecular weight is 520 g/mol. The molecule has 0 spiro atoms. The van der Waals surface area contributed by atoms with Crippen LogP contribution in [0.1, 0.15) is 58.1 Å². The molecule has 0 aliphatic carbocycles. The van der Waals surface area contributed by atoms with Crippen LogP contribution in [0.3, 0.4) is 0 Å². The van der Waals surface area contributed by atoms with Crippen molar-refractivity contribution in [2.24, 2.45) is 0 Å². The maximum absolute atomic E-state index is 12.6. The van der Waals surface area contributed by atoms with Gasteiger partial charge in [-0.05, 0) is 58.6 Å². The summed E-state index contributed by atoms with van der Waals surface area (Å²) in [6, 6.07) is 3.59. The molecule has 0 bridgehead atoms. The fraction of sp³-hybridized carbons (Fsp3) is 0.640. The average Bonchev–Trinajstić information content (AvgIpc) is 3.04. The van der Waals surface area contributed by atoms with Crippen LogP contribution >= 0.6 is 0 Å². The Morgan fingerprint density at radius 2 is 1.94 bits per heavy atom. The van der Waals surface area contributed by atoms with Crippen LogP contribution in [-0.4, -0.2) is 89.0 Å². The van der Waals surface area contributed by atoms with Crippen molar-refractivity contribution < 1.29 is 23.1 Å². The summed E-state index contributed by atoms with van der Waals surface area (Å²) < 4.78 is 30.5. The van der Waals surface area contributed by atoms with Crippen LogP contribution < -0.4 is 5.32 Å². The first-order chi connectivity index (χ1) is 16.9. The van der Waals surface area contributed by atoms with Gasteiger partial charge in [-0.3, -0.25) is 4.98 Å². The molecule has 2 aliphatic heterocycles. The zero-order valence-electron chi connectivity index (χ0n) is 21.5. The second-order valence-corrected chi connectivity index (χ2v) is 12.8. The molecule has 3 atom stereocenters. The Hall–Kier alpha value is -2.50. The van der Waals surface area contributed by atoms with E-state index in [0.717, 1.165) is 42.0 Å². The lowest BCUT2D eigenvalue weighted by Crippen LogP contribution is -2.51. The molecule has 2 saturated heterocycles. The summed E-state index contributed by atoms with van der Waals surface area (Å²) >= 11 is 0. The maximum Gasteiger partial charge on any atom is 0.410 e. The Labute approximate surface area is 213 Å². The number of hydrogen-bond donors (Lipinski definition) is 2. The molecular formula is C25H37N5O5S. The lowest BCUT2D eigenvalue weighted by atomic mass is 9.93. The van der Waals surface area contributed by atoms with E-state index in [9.17, 15) is 18.3 Å². The van der Waals surface area contributed by atoms with Crippen molar-refractivity contribution in [2.75, 3.05) is 37.8 Å². The molecule has 2 aliphatic rings. The number of carbonyl (C=O) groups is 1. The highest BCUT2D eigenvalue weighted by molar-refractivity contribution is 7.88. The van der Waals surface area contributed by atoms with Gasteiger partial charge < -0.3 is 20.1 Å². The van der Waals surface area contributed by atoms with Crippen molar-refractivity contribution in [3.05, 3.63) is 30.2 Å². The van der Waals surface area contributed by atoms with Crippen molar-refractivity contribution in [3.8, 4) is 0 Å². The fourth-order valence-corrected chi connectivity index (χ4v) is 5.79. The Morgan fingerprint density at radius 1 is 1.17 bits per heavy atom. The number of nitrogens with one attached hydrogen (secondary N) is 1. The van der Waals surface area contributed by atoms with E-state index in [0.29, 0.717) is 31.9 Å². The third-order valence-corrected chi connectivity index (χ3v) is 8.06. The molecule has 10 nitrogen and oxygen atoms in total. The number of nitrogens with zero attached hydrogens (tertiary/aromatic N) is 4. The van der Waals surface area contributed by atoms with E-state index in [1.54, 1.807) is 17.3 Å². The topological polar surface area (TPSA) is 125 Å². The number of carbonyl (C=O) groups excluding carboxylic acids is 1. The zero-order chi connectivity index (χ0) is 26.1. The molecule has 1 amide bonds. The highest BCUT2D eigenvalue weighted by Crippen LogP contribution is 2.33. The number of pyridine rings is 2. The molecule has 1 unspecified atom stereocenters. The molecule has 0 saturated carbocycles. The molecule has 2 fully saturated rings. The normalized spacial score (nSPS) is 24.4. The fourth-order valence-electron chi connectivity index (χ4n) is 4.93. The number of fused-ring (bicyclic) bond motifs is 1. The van der Waals surface area contributed by atoms with Gasteiger partial charge in [-0.25, -0.2) is 18.2 Å². The van der Waals surface area contributed by atoms with Crippen LogP contribution in [-0.2, 0) is 14.8 Å². The van der Waals surface area contributed by atoms with E-state index < -0.39 is 21.7 Å². The molecule has 11 heteroatoms. The van der Waals surface area contributed by atoms with Gasteiger partial charge in [0.05, 0.1) is 24.1 Å². The number of rotatable bonds is 4. The second kappa shape index (κ2) is 10.5. The number of aliphatic hydroxyl groups is 1. The number of sulfonamides is 1. The summed E-state index contributed by atoms with van der Waals surface area (Å²) in [7, 11) is -3.33. The Bertz CT molecular complexity index is 1200. The second-order valence-electron chi connectivity index (χ2n) is 10.8. The summed E-state index contributed by atoms with van der Waals surface area (Å²) in [6.07, 6.45) is 6.70. The summed E-state index contributed by atoms with van der Waals surface area (Å²) in [5.74, 6) is 0.817. The molecule has 2 aromatic rings. The van der Waals surface area contributed by atoms with Gasteiger partial charge in [0.1, 0.15) is 11.4 Å². The van der Waals surface area contributed by atoms with Gasteiger partial charge in [0.15, 0.2) is 0 Å². The monoisotopic (exact) mass is 519 g/mol. The van der Waals surface area contributed by atoms with Gasteiger partial charge in [0, 0.05) is 55.3 Å². The van der Waals surface area contributed by atoms with E-state index in [2.05, 4.69) is 10.3 Å². The molecule has 2 aromatic heterocycles. The molecule has 36 heavy (non-hydrogen) atoms. The standard InChI is InChI=1S/C25H37N5O5S/c1-25(2,3)35-24(32)29-11-5-6-17(8-12-29)23-19-14-22(27-15-18(19)7-10-26-23)28-20-9-13-30(16-21(20)31)36(4,33)34/h7,10,14-15,17,20-21,31H,5-6,8-9,11-13,16H2,1-4H3,(H,27,28)/t17?,20-,21-/m1/s1. The van der Waals surface area contributed by atoms with Gasteiger partial charge >= 0.3 is 6.09 Å². The molecular weight excluding hydrogens is 482 g/mol. The van der Waals surface area contributed by atoms with Crippen LogP contribution in [0.15, 0.2) is 24.5 Å². The third kappa shape index (κ3) is 6.43. The first-order valence-electron chi connectivity index (χ1n) is 12.5. The largest absolute Gasteiger partial charge is 0.444 e. The molecule has 2 N–H and O–H groups in total. The number of aromatic nitrogens is 2. The number of β-amino-alcohol motifs (C(OH)–C–C–N with tert-alkyl or cyclic N) is 1. The van der Waals surface area contributed by atoms with Crippen LogP contribution in [0.4, 0.5) is 10.6 Å². The summed E-state index contributed by atoms with van der Waals surface area (Å²) in [5, 5.41) is 15.8. The lowest BCUT2D eigenvalue weighted by Gasteiger charge is -2.35. The molecule has 4 heterocycles. The zero-order valence-corrected chi connectivity index (χ0v) is 22.3. The van der Waals surface area contributed by atoms with Crippen molar-refractivity contribution in [1.29, 1.82) is 0 Å². The SMILES string of the molecule is CC(C)(C)OC(=O)N1CCCC(c2nccc3cnc(N[C@@H]4CCN(S(C)(=O)=O)C[C@H]4O)cc23)CC1.